The number of aliphatic imine (C=N–C) groups is 1. The van der Waals surface area contributed by atoms with Gasteiger partial charge in [-0.05, 0) is 69.9 Å². The van der Waals surface area contributed by atoms with Crippen LogP contribution >= 0.6 is 34.4 Å². The topological polar surface area (TPSA) is 47.4 Å². The van der Waals surface area contributed by atoms with Gasteiger partial charge in [0.25, 0.3) is 0 Å². The van der Waals surface area contributed by atoms with Crippen molar-refractivity contribution >= 4 is 56.8 Å². The molecular weight excluding hydrogens is 659 g/mol. The summed E-state index contributed by atoms with van der Waals surface area (Å²) in [4.78, 5) is 10.5. The molecular formula is C42H53N3OS3. The summed E-state index contributed by atoms with van der Waals surface area (Å²) in [6.07, 6.45) is 19.5. The molecule has 0 atom stereocenters. The zero-order chi connectivity index (χ0) is 34.2. The highest BCUT2D eigenvalue weighted by Crippen LogP contribution is 2.52. The summed E-state index contributed by atoms with van der Waals surface area (Å²) in [7, 11) is 0. The van der Waals surface area contributed by atoms with Crippen molar-refractivity contribution < 1.29 is 4.74 Å². The van der Waals surface area contributed by atoms with E-state index in [1.807, 2.05) is 22.7 Å². The van der Waals surface area contributed by atoms with Gasteiger partial charge >= 0.3 is 0 Å². The third kappa shape index (κ3) is 8.37. The van der Waals surface area contributed by atoms with Gasteiger partial charge in [0, 0.05) is 37.6 Å². The summed E-state index contributed by atoms with van der Waals surface area (Å²) in [5.41, 5.74) is 11.4. The van der Waals surface area contributed by atoms with Gasteiger partial charge in [-0.15, -0.1) is 22.7 Å². The molecule has 4 nitrogen and oxygen atoms in total. The number of hydrogen-bond acceptors (Lipinski definition) is 7. The Kier molecular flexibility index (Phi) is 12.7. The van der Waals surface area contributed by atoms with Crippen LogP contribution in [0.25, 0.3) is 31.2 Å². The number of thiophene rings is 2. The van der Waals surface area contributed by atoms with Gasteiger partial charge in [-0.1, -0.05) is 103 Å². The Bertz CT molecular complexity index is 1860. The average Bonchev–Trinajstić information content (AvgIpc) is 3.89. The molecule has 5 aromatic rings. The number of ether oxygens (including phenoxy) is 1. The van der Waals surface area contributed by atoms with Crippen LogP contribution < -0.4 is 4.74 Å². The molecule has 1 aliphatic carbocycles. The molecule has 260 valence electrons. The van der Waals surface area contributed by atoms with Crippen LogP contribution in [0.2, 0.25) is 0 Å². The highest BCUT2D eigenvalue weighted by Gasteiger charge is 2.32. The maximum atomic E-state index is 6.58. The lowest BCUT2D eigenvalue weighted by Gasteiger charge is -2.16. The number of unbranched alkanes of at least 4 members (excludes halogenated alkanes) is 12. The lowest BCUT2D eigenvalue weighted by Crippen LogP contribution is -2.03. The van der Waals surface area contributed by atoms with Crippen molar-refractivity contribution in [2.75, 3.05) is 6.61 Å². The van der Waals surface area contributed by atoms with E-state index in [1.165, 1.54) is 137 Å². The smallest absolute Gasteiger partial charge is 0.128 e. The standard InChI is InChI=1S/C42H53N3OS3/c1-6-8-10-12-13-14-15-16-17-19-25-46-40-29(4)36(39-37(30(40)5)44-49-45-39)35-27-34-38(33-26-28(3)47-41(33)42(34)48-35)43-32-23-21-31(22-24-32)20-18-11-9-7-2/h21-24,26-27H,6-20,25H2,1-5H3/b43-38-. The molecule has 3 aromatic heterocycles. The number of aromatic nitrogens is 2. The second-order valence-corrected chi connectivity index (χ2v) is 16.7. The molecule has 0 saturated carbocycles. The SMILES string of the molecule is CCCCCCCCCCCCOc1c(C)c(-c2cc3c(s2)-c2sc(C)cc2/C3=N/c2ccc(CCCCCC)cc2)c2nsnc2c1C. The van der Waals surface area contributed by atoms with Crippen LogP contribution in [0.4, 0.5) is 5.69 Å². The Morgan fingerprint density at radius 3 is 1.98 bits per heavy atom. The highest BCUT2D eigenvalue weighted by molar-refractivity contribution is 7.25. The van der Waals surface area contributed by atoms with Crippen molar-refractivity contribution in [2.45, 2.75) is 131 Å². The van der Waals surface area contributed by atoms with Crippen LogP contribution in [0, 0.1) is 20.8 Å². The van der Waals surface area contributed by atoms with Crippen LogP contribution in [0.15, 0.2) is 41.4 Å². The molecule has 49 heavy (non-hydrogen) atoms. The fraction of sp³-hybridized carbons (Fsp3) is 0.500. The van der Waals surface area contributed by atoms with Gasteiger partial charge in [0.05, 0.1) is 39.5 Å². The molecule has 0 saturated heterocycles. The predicted octanol–water partition coefficient (Wildman–Crippen LogP) is 14.0. The molecule has 2 aromatic carbocycles. The molecule has 0 aliphatic heterocycles. The average molecular weight is 712 g/mol. The summed E-state index contributed by atoms with van der Waals surface area (Å²) in [5.74, 6) is 0.982. The van der Waals surface area contributed by atoms with Crippen LogP contribution in [0.1, 0.15) is 136 Å². The Balaban J connectivity index is 1.21. The molecule has 0 amide bonds. The number of hydrogen-bond donors (Lipinski definition) is 0. The van der Waals surface area contributed by atoms with Gasteiger partial charge in [-0.25, -0.2) is 4.99 Å². The molecule has 0 radical (unpaired) electrons. The molecule has 0 N–H and O–H groups in total. The van der Waals surface area contributed by atoms with Gasteiger partial charge in [0.15, 0.2) is 0 Å². The first-order valence-corrected chi connectivity index (χ1v) is 21.2. The maximum Gasteiger partial charge on any atom is 0.128 e. The van der Waals surface area contributed by atoms with Crippen molar-refractivity contribution in [3.8, 4) is 25.9 Å². The lowest BCUT2D eigenvalue weighted by atomic mass is 9.99. The molecule has 6 rings (SSSR count). The fourth-order valence-corrected chi connectivity index (χ4v) is 10.2. The summed E-state index contributed by atoms with van der Waals surface area (Å²) >= 11 is 5.04. The van der Waals surface area contributed by atoms with Crippen molar-refractivity contribution in [1.29, 1.82) is 0 Å². The summed E-state index contributed by atoms with van der Waals surface area (Å²) in [6, 6.07) is 13.6. The van der Waals surface area contributed by atoms with E-state index in [2.05, 4.69) is 71.0 Å². The van der Waals surface area contributed by atoms with E-state index in [1.54, 1.807) is 0 Å². The summed E-state index contributed by atoms with van der Waals surface area (Å²) < 4.78 is 16.2. The Hall–Kier alpha value is -2.87. The Labute approximate surface area is 306 Å². The Morgan fingerprint density at radius 1 is 0.653 bits per heavy atom. The van der Waals surface area contributed by atoms with Crippen molar-refractivity contribution in [3.63, 3.8) is 0 Å². The minimum Gasteiger partial charge on any atom is -0.493 e. The van der Waals surface area contributed by atoms with Crippen molar-refractivity contribution in [2.24, 2.45) is 4.99 Å². The van der Waals surface area contributed by atoms with E-state index in [4.69, 9.17) is 18.5 Å². The molecule has 7 heteroatoms. The van der Waals surface area contributed by atoms with Gasteiger partial charge in [0.2, 0.25) is 0 Å². The first kappa shape index (κ1) is 35.9. The largest absolute Gasteiger partial charge is 0.493 e. The minimum atomic E-state index is 0.744. The van der Waals surface area contributed by atoms with Crippen LogP contribution in [0.3, 0.4) is 0 Å². The number of benzene rings is 2. The maximum absolute atomic E-state index is 6.58. The highest BCUT2D eigenvalue weighted by atomic mass is 32.1. The first-order valence-electron chi connectivity index (χ1n) is 18.8. The fourth-order valence-electron chi connectivity index (χ4n) is 7.17. The van der Waals surface area contributed by atoms with E-state index in [-0.39, 0.29) is 0 Å². The third-order valence-electron chi connectivity index (χ3n) is 9.93. The van der Waals surface area contributed by atoms with Crippen LogP contribution in [0.5, 0.6) is 5.75 Å². The van der Waals surface area contributed by atoms with Gasteiger partial charge < -0.3 is 4.74 Å². The van der Waals surface area contributed by atoms with E-state index in [9.17, 15) is 0 Å². The normalized spacial score (nSPS) is 13.1. The summed E-state index contributed by atoms with van der Waals surface area (Å²) in [6.45, 7) is 11.9. The Morgan fingerprint density at radius 2 is 1.27 bits per heavy atom. The first-order chi connectivity index (χ1) is 24.0. The quantitative estimate of drug-likeness (QED) is 0.0786. The number of rotatable bonds is 19. The second kappa shape index (κ2) is 17.4. The summed E-state index contributed by atoms with van der Waals surface area (Å²) in [5, 5.41) is 0. The molecule has 1 aliphatic rings. The number of aryl methyl sites for hydroxylation is 3. The van der Waals surface area contributed by atoms with Crippen LogP contribution in [-0.4, -0.2) is 21.1 Å². The van der Waals surface area contributed by atoms with Crippen molar-refractivity contribution in [3.05, 3.63) is 69.1 Å². The number of nitrogens with zero attached hydrogens (tertiary/aromatic N) is 3. The predicted molar refractivity (Wildman–Crippen MR) is 215 cm³/mol. The number of fused-ring (bicyclic) bond motifs is 4. The molecule has 0 bridgehead atoms. The molecule has 0 fully saturated rings. The van der Waals surface area contributed by atoms with Crippen LogP contribution in [-0.2, 0) is 6.42 Å². The van der Waals surface area contributed by atoms with E-state index in [0.29, 0.717) is 0 Å². The lowest BCUT2D eigenvalue weighted by molar-refractivity contribution is 0.301. The monoisotopic (exact) mass is 711 g/mol. The minimum absolute atomic E-state index is 0.744. The molecule has 0 unspecified atom stereocenters. The van der Waals surface area contributed by atoms with Gasteiger partial charge in [-0.2, -0.15) is 8.75 Å². The van der Waals surface area contributed by atoms with Crippen molar-refractivity contribution in [1.82, 2.24) is 8.75 Å². The second-order valence-electron chi connectivity index (χ2n) is 13.8. The van der Waals surface area contributed by atoms with E-state index < -0.39 is 0 Å². The van der Waals surface area contributed by atoms with Gasteiger partial charge in [-0.3, -0.25) is 0 Å². The van der Waals surface area contributed by atoms with E-state index >= 15 is 0 Å². The third-order valence-corrected chi connectivity index (χ3v) is 12.8. The van der Waals surface area contributed by atoms with E-state index in [0.717, 1.165) is 58.8 Å². The zero-order valence-corrected chi connectivity index (χ0v) is 32.7. The zero-order valence-electron chi connectivity index (χ0n) is 30.3. The molecule has 3 heterocycles. The molecule has 0 spiro atoms. The van der Waals surface area contributed by atoms with Gasteiger partial charge in [0.1, 0.15) is 16.8 Å².